The Labute approximate surface area is 119 Å². The van der Waals surface area contributed by atoms with E-state index in [2.05, 4.69) is 24.1 Å². The van der Waals surface area contributed by atoms with E-state index in [1.54, 1.807) is 6.20 Å². The van der Waals surface area contributed by atoms with Gasteiger partial charge < -0.3 is 15.2 Å². The van der Waals surface area contributed by atoms with Gasteiger partial charge in [0.2, 0.25) is 0 Å². The maximum absolute atomic E-state index is 12.4. The minimum atomic E-state index is -0.212. The SMILES string of the molecule is CCNC1CCN(C(=O)c2c[nH]ccc2=O)CC1CC. The maximum Gasteiger partial charge on any atom is 0.259 e. The minimum absolute atomic E-state index is 0.153. The first-order valence-corrected chi connectivity index (χ1v) is 7.37. The summed E-state index contributed by atoms with van der Waals surface area (Å²) in [6.45, 7) is 6.64. The molecule has 1 aliphatic heterocycles. The van der Waals surface area contributed by atoms with Crippen LogP contribution < -0.4 is 10.7 Å². The molecule has 0 aliphatic carbocycles. The molecule has 2 rings (SSSR count). The largest absolute Gasteiger partial charge is 0.367 e. The molecule has 1 aliphatic rings. The first kappa shape index (κ1) is 14.8. The van der Waals surface area contributed by atoms with E-state index in [1.165, 1.54) is 12.3 Å². The zero-order valence-electron chi connectivity index (χ0n) is 12.2. The molecule has 0 spiro atoms. The molecule has 2 N–H and O–H groups in total. The lowest BCUT2D eigenvalue weighted by Gasteiger charge is -2.38. The normalized spacial score (nSPS) is 22.8. The molecule has 1 aromatic heterocycles. The van der Waals surface area contributed by atoms with Crippen LogP contribution in [0, 0.1) is 5.92 Å². The zero-order valence-corrected chi connectivity index (χ0v) is 12.2. The highest BCUT2D eigenvalue weighted by Gasteiger charge is 2.30. The number of nitrogens with zero attached hydrogens (tertiary/aromatic N) is 1. The second kappa shape index (κ2) is 6.70. The molecule has 5 heteroatoms. The van der Waals surface area contributed by atoms with Crippen molar-refractivity contribution >= 4 is 5.91 Å². The Hall–Kier alpha value is -1.62. The summed E-state index contributed by atoms with van der Waals surface area (Å²) < 4.78 is 0. The number of rotatable bonds is 4. The van der Waals surface area contributed by atoms with Crippen LogP contribution in [-0.2, 0) is 0 Å². The molecule has 1 fully saturated rings. The number of hydrogen-bond donors (Lipinski definition) is 2. The Morgan fingerprint density at radius 1 is 1.50 bits per heavy atom. The van der Waals surface area contributed by atoms with Gasteiger partial charge in [-0.2, -0.15) is 0 Å². The molecule has 2 unspecified atom stereocenters. The first-order chi connectivity index (χ1) is 9.67. The molecular weight excluding hydrogens is 254 g/mol. The van der Waals surface area contributed by atoms with E-state index in [4.69, 9.17) is 0 Å². The third kappa shape index (κ3) is 3.10. The van der Waals surface area contributed by atoms with Crippen molar-refractivity contribution in [1.29, 1.82) is 0 Å². The summed E-state index contributed by atoms with van der Waals surface area (Å²) in [5, 5.41) is 3.49. The lowest BCUT2D eigenvalue weighted by atomic mass is 9.89. The third-order valence-electron chi connectivity index (χ3n) is 4.07. The Kier molecular flexibility index (Phi) is 4.95. The number of piperidine rings is 1. The van der Waals surface area contributed by atoms with Crippen molar-refractivity contribution in [2.75, 3.05) is 19.6 Å². The molecule has 2 heterocycles. The van der Waals surface area contributed by atoms with Gasteiger partial charge in [-0.3, -0.25) is 9.59 Å². The fraction of sp³-hybridized carbons (Fsp3) is 0.600. The van der Waals surface area contributed by atoms with Crippen molar-refractivity contribution in [3.63, 3.8) is 0 Å². The standard InChI is InChI=1S/C15H23N3O2/c1-3-11-10-18(8-6-13(11)17-4-2)15(20)12-9-16-7-5-14(12)19/h5,7,9,11,13,17H,3-4,6,8,10H2,1-2H3,(H,16,19). The molecule has 2 atom stereocenters. The van der Waals surface area contributed by atoms with Gasteiger partial charge in [-0.05, 0) is 18.9 Å². The Morgan fingerprint density at radius 2 is 2.30 bits per heavy atom. The number of aromatic nitrogens is 1. The first-order valence-electron chi connectivity index (χ1n) is 7.37. The highest BCUT2D eigenvalue weighted by molar-refractivity contribution is 5.93. The lowest BCUT2D eigenvalue weighted by molar-refractivity contribution is 0.0626. The van der Waals surface area contributed by atoms with Crippen LogP contribution in [0.15, 0.2) is 23.3 Å². The van der Waals surface area contributed by atoms with Crippen molar-refractivity contribution in [2.45, 2.75) is 32.7 Å². The summed E-state index contributed by atoms with van der Waals surface area (Å²) in [6.07, 6.45) is 5.03. The highest BCUT2D eigenvalue weighted by Crippen LogP contribution is 2.21. The second-order valence-corrected chi connectivity index (χ2v) is 5.29. The Morgan fingerprint density at radius 3 is 2.95 bits per heavy atom. The van der Waals surface area contributed by atoms with Crippen molar-refractivity contribution in [2.24, 2.45) is 5.92 Å². The minimum Gasteiger partial charge on any atom is -0.367 e. The van der Waals surface area contributed by atoms with Crippen LogP contribution in [0.1, 0.15) is 37.0 Å². The quantitative estimate of drug-likeness (QED) is 0.870. The molecular formula is C15H23N3O2. The summed E-state index contributed by atoms with van der Waals surface area (Å²) >= 11 is 0. The summed E-state index contributed by atoms with van der Waals surface area (Å²) in [6, 6.07) is 1.87. The monoisotopic (exact) mass is 277 g/mol. The van der Waals surface area contributed by atoms with E-state index < -0.39 is 0 Å². The molecule has 0 bridgehead atoms. The van der Waals surface area contributed by atoms with Gasteiger partial charge in [0.15, 0.2) is 5.43 Å². The molecule has 0 saturated carbocycles. The predicted octanol–water partition coefficient (Wildman–Crippen LogP) is 1.23. The summed E-state index contributed by atoms with van der Waals surface area (Å²) in [5.74, 6) is 0.302. The van der Waals surface area contributed by atoms with E-state index in [0.29, 0.717) is 18.5 Å². The number of amides is 1. The van der Waals surface area contributed by atoms with Crippen LogP contribution in [0.3, 0.4) is 0 Å². The number of nitrogens with one attached hydrogen (secondary N) is 2. The number of hydrogen-bond acceptors (Lipinski definition) is 3. The van der Waals surface area contributed by atoms with Gasteiger partial charge in [-0.1, -0.05) is 20.3 Å². The average molecular weight is 277 g/mol. The molecule has 1 aromatic rings. The Bertz CT molecular complexity index is 512. The van der Waals surface area contributed by atoms with E-state index in [-0.39, 0.29) is 16.9 Å². The number of likely N-dealkylation sites (tertiary alicyclic amines) is 1. The number of carbonyl (C=O) groups excluding carboxylic acids is 1. The van der Waals surface area contributed by atoms with Gasteiger partial charge in [-0.25, -0.2) is 0 Å². The molecule has 1 saturated heterocycles. The molecule has 0 aromatic carbocycles. The van der Waals surface area contributed by atoms with Crippen molar-refractivity contribution in [3.05, 3.63) is 34.2 Å². The molecule has 0 radical (unpaired) electrons. The summed E-state index contributed by atoms with van der Waals surface area (Å²) in [5.41, 5.74) is 0.0276. The summed E-state index contributed by atoms with van der Waals surface area (Å²) in [7, 11) is 0. The summed E-state index contributed by atoms with van der Waals surface area (Å²) in [4.78, 5) is 28.8. The lowest BCUT2D eigenvalue weighted by Crippen LogP contribution is -2.51. The molecule has 1 amide bonds. The number of aromatic amines is 1. The average Bonchev–Trinajstić information content (AvgIpc) is 2.48. The third-order valence-corrected chi connectivity index (χ3v) is 4.07. The van der Waals surface area contributed by atoms with Gasteiger partial charge in [0.25, 0.3) is 5.91 Å². The van der Waals surface area contributed by atoms with E-state index >= 15 is 0 Å². The predicted molar refractivity (Wildman–Crippen MR) is 78.8 cm³/mol. The van der Waals surface area contributed by atoms with Gasteiger partial charge >= 0.3 is 0 Å². The molecule has 5 nitrogen and oxygen atoms in total. The fourth-order valence-corrected chi connectivity index (χ4v) is 2.91. The second-order valence-electron chi connectivity index (χ2n) is 5.29. The number of carbonyl (C=O) groups is 1. The smallest absolute Gasteiger partial charge is 0.259 e. The van der Waals surface area contributed by atoms with E-state index in [1.807, 2.05) is 4.90 Å². The number of pyridine rings is 1. The zero-order chi connectivity index (χ0) is 14.5. The van der Waals surface area contributed by atoms with E-state index in [9.17, 15) is 9.59 Å². The van der Waals surface area contributed by atoms with Gasteiger partial charge in [0.1, 0.15) is 5.56 Å². The van der Waals surface area contributed by atoms with Crippen LogP contribution in [-0.4, -0.2) is 41.5 Å². The van der Waals surface area contributed by atoms with Crippen molar-refractivity contribution in [3.8, 4) is 0 Å². The van der Waals surface area contributed by atoms with Crippen molar-refractivity contribution in [1.82, 2.24) is 15.2 Å². The highest BCUT2D eigenvalue weighted by atomic mass is 16.2. The fourth-order valence-electron chi connectivity index (χ4n) is 2.91. The van der Waals surface area contributed by atoms with Crippen LogP contribution in [0.4, 0.5) is 0 Å². The molecule has 20 heavy (non-hydrogen) atoms. The number of H-pyrrole nitrogens is 1. The Balaban J connectivity index is 2.09. The van der Waals surface area contributed by atoms with Crippen LogP contribution in [0.5, 0.6) is 0 Å². The maximum atomic E-state index is 12.4. The van der Waals surface area contributed by atoms with Crippen molar-refractivity contribution < 1.29 is 4.79 Å². The van der Waals surface area contributed by atoms with Crippen LogP contribution in [0.25, 0.3) is 0 Å². The van der Waals surface area contributed by atoms with Gasteiger partial charge in [-0.15, -0.1) is 0 Å². The van der Waals surface area contributed by atoms with Crippen LogP contribution in [0.2, 0.25) is 0 Å². The van der Waals surface area contributed by atoms with Gasteiger partial charge in [0, 0.05) is 37.6 Å². The molecule has 110 valence electrons. The van der Waals surface area contributed by atoms with Gasteiger partial charge in [0.05, 0.1) is 0 Å². The van der Waals surface area contributed by atoms with Crippen LogP contribution >= 0.6 is 0 Å². The topological polar surface area (TPSA) is 65.2 Å². The van der Waals surface area contributed by atoms with E-state index in [0.717, 1.165) is 25.9 Å².